The zero-order valence-corrected chi connectivity index (χ0v) is 22.6. The fourth-order valence-corrected chi connectivity index (χ4v) is 3.93. The van der Waals surface area contributed by atoms with E-state index in [1.807, 2.05) is 24.3 Å². The number of amides is 1. The van der Waals surface area contributed by atoms with E-state index in [1.165, 1.54) is 19.2 Å². The number of rotatable bonds is 10. The maximum Gasteiger partial charge on any atom is 0.416 e. The van der Waals surface area contributed by atoms with Crippen molar-refractivity contribution in [1.29, 1.82) is 0 Å². The van der Waals surface area contributed by atoms with E-state index in [-0.39, 0.29) is 30.4 Å². The highest BCUT2D eigenvalue weighted by molar-refractivity contribution is 5.94. The Kier molecular flexibility index (Phi) is 9.78. The summed E-state index contributed by atoms with van der Waals surface area (Å²) < 4.78 is 49.5. The number of nitrogens with one attached hydrogen (secondary N) is 1. The van der Waals surface area contributed by atoms with Crippen LogP contribution in [0.3, 0.4) is 0 Å². The molecule has 0 radical (unpaired) electrons. The number of halogens is 3. The molecule has 1 unspecified atom stereocenters. The number of carbonyl (C=O) groups is 2. The first-order valence-corrected chi connectivity index (χ1v) is 12.7. The number of esters is 1. The monoisotopic (exact) mass is 541 g/mol. The molecule has 39 heavy (non-hydrogen) atoms. The normalized spacial score (nSPS) is 12.5. The summed E-state index contributed by atoms with van der Waals surface area (Å²) in [5.74, 6) is -0.0393. The average molecular weight is 542 g/mol. The van der Waals surface area contributed by atoms with Gasteiger partial charge in [0.1, 0.15) is 11.9 Å². The van der Waals surface area contributed by atoms with E-state index >= 15 is 0 Å². The van der Waals surface area contributed by atoms with Gasteiger partial charge in [0.05, 0.1) is 19.1 Å². The molecule has 8 heteroatoms. The van der Waals surface area contributed by atoms with Crippen LogP contribution >= 0.6 is 0 Å². The summed E-state index contributed by atoms with van der Waals surface area (Å²) in [7, 11) is 1.30. The first-order valence-electron chi connectivity index (χ1n) is 12.7. The molecule has 0 saturated carbocycles. The second-order valence-corrected chi connectivity index (χ2v) is 10.5. The van der Waals surface area contributed by atoms with Crippen molar-refractivity contribution in [3.05, 3.63) is 89.5 Å². The Balaban J connectivity index is 1.72. The van der Waals surface area contributed by atoms with Gasteiger partial charge in [-0.3, -0.25) is 9.59 Å². The van der Waals surface area contributed by atoms with Gasteiger partial charge in [0.2, 0.25) is 0 Å². The standard InChI is InChI=1S/C31H34F3NO4/c1-30(2,3)19-17-27(23-5-7-24(8-6-23)29(37)35-20-18-28(36)38-4)39-26-15-11-22(12-16-26)21-9-13-25(14-10-21)31(32,33)34/h5-16,27H,17-20H2,1-4H3,(H,35,37). The first-order chi connectivity index (χ1) is 18.4. The molecule has 3 aromatic rings. The molecule has 0 aliphatic rings. The largest absolute Gasteiger partial charge is 0.486 e. The lowest BCUT2D eigenvalue weighted by atomic mass is 9.88. The molecule has 0 fully saturated rings. The molecular weight excluding hydrogens is 507 g/mol. The third-order valence-corrected chi connectivity index (χ3v) is 6.22. The molecule has 208 valence electrons. The van der Waals surface area contributed by atoms with Crippen LogP contribution in [0.25, 0.3) is 11.1 Å². The van der Waals surface area contributed by atoms with Crippen molar-refractivity contribution in [3.8, 4) is 16.9 Å². The maximum absolute atomic E-state index is 12.9. The minimum absolute atomic E-state index is 0.0908. The number of hydrogen-bond acceptors (Lipinski definition) is 4. The van der Waals surface area contributed by atoms with Gasteiger partial charge >= 0.3 is 12.1 Å². The summed E-state index contributed by atoms with van der Waals surface area (Å²) in [6, 6.07) is 19.5. The highest BCUT2D eigenvalue weighted by Gasteiger charge is 2.30. The first kappa shape index (κ1) is 29.7. The quantitative estimate of drug-likeness (QED) is 0.268. The smallest absolute Gasteiger partial charge is 0.416 e. The number of methoxy groups -OCH3 is 1. The van der Waals surface area contributed by atoms with Crippen LogP contribution in [0.15, 0.2) is 72.8 Å². The zero-order valence-electron chi connectivity index (χ0n) is 22.6. The Morgan fingerprint density at radius 1 is 0.846 bits per heavy atom. The Hall–Kier alpha value is -3.81. The summed E-state index contributed by atoms with van der Waals surface area (Å²) in [4.78, 5) is 23.7. The number of alkyl halides is 3. The molecule has 1 atom stereocenters. The molecule has 0 spiro atoms. The lowest BCUT2D eigenvalue weighted by Crippen LogP contribution is -2.26. The number of hydrogen-bond donors (Lipinski definition) is 1. The lowest BCUT2D eigenvalue weighted by Gasteiger charge is -2.25. The fraction of sp³-hybridized carbons (Fsp3) is 0.355. The average Bonchev–Trinajstić information content (AvgIpc) is 2.90. The Labute approximate surface area is 227 Å². The summed E-state index contributed by atoms with van der Waals surface area (Å²) in [6.45, 7) is 6.66. The fourth-order valence-electron chi connectivity index (χ4n) is 3.93. The van der Waals surface area contributed by atoms with Crippen LogP contribution in [0, 0.1) is 5.41 Å². The molecule has 0 bridgehead atoms. The molecule has 0 aliphatic heterocycles. The number of ether oxygens (including phenoxy) is 2. The minimum atomic E-state index is -4.37. The summed E-state index contributed by atoms with van der Waals surface area (Å²) in [5.41, 5.74) is 2.26. The second-order valence-electron chi connectivity index (χ2n) is 10.5. The van der Waals surface area contributed by atoms with Gasteiger partial charge in [-0.1, -0.05) is 57.2 Å². The molecule has 1 amide bonds. The number of carbonyl (C=O) groups excluding carboxylic acids is 2. The van der Waals surface area contributed by atoms with Gasteiger partial charge in [0.25, 0.3) is 5.91 Å². The van der Waals surface area contributed by atoms with Crippen molar-refractivity contribution in [2.45, 2.75) is 52.3 Å². The Bertz CT molecular complexity index is 1230. The lowest BCUT2D eigenvalue weighted by molar-refractivity contribution is -0.140. The van der Waals surface area contributed by atoms with Crippen LogP contribution in [0.2, 0.25) is 0 Å². The molecule has 0 aliphatic carbocycles. The van der Waals surface area contributed by atoms with Crippen molar-refractivity contribution in [3.63, 3.8) is 0 Å². The van der Waals surface area contributed by atoms with E-state index in [0.29, 0.717) is 16.9 Å². The van der Waals surface area contributed by atoms with Crippen molar-refractivity contribution in [2.24, 2.45) is 5.41 Å². The Morgan fingerprint density at radius 2 is 1.41 bits per heavy atom. The van der Waals surface area contributed by atoms with E-state index < -0.39 is 17.7 Å². The number of benzene rings is 3. The van der Waals surface area contributed by atoms with Gasteiger partial charge in [-0.2, -0.15) is 13.2 Å². The molecule has 3 aromatic carbocycles. The molecule has 0 aromatic heterocycles. The predicted octanol–water partition coefficient (Wildman–Crippen LogP) is 7.61. The molecule has 0 saturated heterocycles. The van der Waals surface area contributed by atoms with Gasteiger partial charge in [0.15, 0.2) is 0 Å². The topological polar surface area (TPSA) is 64.6 Å². The molecule has 5 nitrogen and oxygen atoms in total. The van der Waals surface area contributed by atoms with E-state index in [1.54, 1.807) is 24.3 Å². The molecule has 0 heterocycles. The Morgan fingerprint density at radius 3 is 1.92 bits per heavy atom. The van der Waals surface area contributed by atoms with Crippen molar-refractivity contribution < 1.29 is 32.2 Å². The van der Waals surface area contributed by atoms with Crippen molar-refractivity contribution >= 4 is 11.9 Å². The zero-order chi connectivity index (χ0) is 28.6. The third kappa shape index (κ3) is 9.16. The van der Waals surface area contributed by atoms with Crippen LogP contribution in [0.5, 0.6) is 5.75 Å². The van der Waals surface area contributed by atoms with Gasteiger partial charge < -0.3 is 14.8 Å². The second kappa shape index (κ2) is 12.8. The highest BCUT2D eigenvalue weighted by Crippen LogP contribution is 2.34. The predicted molar refractivity (Wildman–Crippen MR) is 144 cm³/mol. The summed E-state index contributed by atoms with van der Waals surface area (Å²) >= 11 is 0. The van der Waals surface area contributed by atoms with Crippen molar-refractivity contribution in [2.75, 3.05) is 13.7 Å². The van der Waals surface area contributed by atoms with Crippen LogP contribution in [-0.2, 0) is 15.7 Å². The van der Waals surface area contributed by atoms with E-state index in [0.717, 1.165) is 36.1 Å². The van der Waals surface area contributed by atoms with Crippen LogP contribution in [0.4, 0.5) is 13.2 Å². The van der Waals surface area contributed by atoms with E-state index in [9.17, 15) is 22.8 Å². The third-order valence-electron chi connectivity index (χ3n) is 6.22. The van der Waals surface area contributed by atoms with Crippen molar-refractivity contribution in [1.82, 2.24) is 5.32 Å². The molecule has 3 rings (SSSR count). The summed E-state index contributed by atoms with van der Waals surface area (Å²) in [6.07, 6.45) is -2.89. The highest BCUT2D eigenvalue weighted by atomic mass is 19.4. The van der Waals surface area contributed by atoms with Gasteiger partial charge in [-0.05, 0) is 71.3 Å². The molecule has 1 N–H and O–H groups in total. The van der Waals surface area contributed by atoms with Crippen LogP contribution in [-0.4, -0.2) is 25.5 Å². The summed E-state index contributed by atoms with van der Waals surface area (Å²) in [5, 5.41) is 2.70. The SMILES string of the molecule is COC(=O)CCNC(=O)c1ccc(C(CCC(C)(C)C)Oc2ccc(-c3ccc(C(F)(F)F)cc3)cc2)cc1. The van der Waals surface area contributed by atoms with E-state index in [2.05, 4.69) is 30.8 Å². The van der Waals surface area contributed by atoms with Gasteiger partial charge in [-0.25, -0.2) is 0 Å². The minimum Gasteiger partial charge on any atom is -0.486 e. The van der Waals surface area contributed by atoms with Gasteiger partial charge in [-0.15, -0.1) is 0 Å². The van der Waals surface area contributed by atoms with Crippen LogP contribution in [0.1, 0.15) is 67.6 Å². The maximum atomic E-state index is 12.9. The van der Waals surface area contributed by atoms with E-state index in [4.69, 9.17) is 4.74 Å². The van der Waals surface area contributed by atoms with Gasteiger partial charge in [0, 0.05) is 12.1 Å². The molecular formula is C31H34F3NO4. The van der Waals surface area contributed by atoms with Crippen LogP contribution < -0.4 is 10.1 Å².